The average Bonchev–Trinajstić information content (AvgIpc) is 2.08. The van der Waals surface area contributed by atoms with Crippen LogP contribution in [-0.2, 0) is 0 Å². The summed E-state index contributed by atoms with van der Waals surface area (Å²) in [7, 11) is 0. The van der Waals surface area contributed by atoms with E-state index >= 15 is 0 Å². The van der Waals surface area contributed by atoms with Crippen LogP contribution in [0, 0.1) is 6.92 Å². The molecular formula is C12H20N2O. The zero-order valence-electron chi connectivity index (χ0n) is 9.62. The van der Waals surface area contributed by atoms with Gasteiger partial charge in [0.15, 0.2) is 0 Å². The third-order valence-electron chi connectivity index (χ3n) is 2.30. The van der Waals surface area contributed by atoms with Crippen molar-refractivity contribution >= 4 is 11.4 Å². The third-order valence-corrected chi connectivity index (χ3v) is 2.30. The summed E-state index contributed by atoms with van der Waals surface area (Å²) in [5, 5.41) is 12.5. The summed E-state index contributed by atoms with van der Waals surface area (Å²) in [6.45, 7) is 5.84. The van der Waals surface area contributed by atoms with Gasteiger partial charge in [0.1, 0.15) is 0 Å². The zero-order chi connectivity index (χ0) is 11.4. The molecule has 2 unspecified atom stereocenters. The highest BCUT2D eigenvalue weighted by molar-refractivity contribution is 5.67. The molecule has 0 fully saturated rings. The number of rotatable bonds is 4. The number of nitrogens with two attached hydrogens (primary N) is 1. The number of hydrogen-bond donors (Lipinski definition) is 3. The fourth-order valence-corrected chi connectivity index (χ4v) is 1.65. The number of nitrogens with one attached hydrogen (secondary N) is 1. The molecule has 0 spiro atoms. The molecule has 0 aliphatic rings. The first-order chi connectivity index (χ1) is 6.99. The molecule has 1 aromatic rings. The summed E-state index contributed by atoms with van der Waals surface area (Å²) in [5.41, 5.74) is 8.72. The predicted octanol–water partition coefficient (Wildman–Crippen LogP) is 2.15. The van der Waals surface area contributed by atoms with E-state index in [2.05, 4.69) is 5.32 Å². The number of aliphatic hydroxyl groups excluding tert-OH is 1. The summed E-state index contributed by atoms with van der Waals surface area (Å²) in [6, 6.07) is 6.16. The second kappa shape index (κ2) is 5.03. The molecule has 0 aromatic heterocycles. The Bertz CT molecular complexity index is 323. The van der Waals surface area contributed by atoms with E-state index in [0.29, 0.717) is 6.42 Å². The second-order valence-corrected chi connectivity index (χ2v) is 4.22. The Labute approximate surface area is 91.3 Å². The molecule has 4 N–H and O–H groups in total. The molecular weight excluding hydrogens is 188 g/mol. The molecule has 84 valence electrons. The van der Waals surface area contributed by atoms with Crippen LogP contribution in [0.4, 0.5) is 11.4 Å². The Balaban J connectivity index is 2.64. The lowest BCUT2D eigenvalue weighted by atomic mass is 10.1. The zero-order valence-corrected chi connectivity index (χ0v) is 9.62. The van der Waals surface area contributed by atoms with Crippen molar-refractivity contribution in [1.29, 1.82) is 0 Å². The van der Waals surface area contributed by atoms with Crippen molar-refractivity contribution in [2.24, 2.45) is 0 Å². The summed E-state index contributed by atoms with van der Waals surface area (Å²) >= 11 is 0. The van der Waals surface area contributed by atoms with Gasteiger partial charge < -0.3 is 16.2 Å². The van der Waals surface area contributed by atoms with Crippen molar-refractivity contribution in [3.05, 3.63) is 23.8 Å². The van der Waals surface area contributed by atoms with Crippen LogP contribution in [0.1, 0.15) is 25.8 Å². The van der Waals surface area contributed by atoms with Crippen molar-refractivity contribution in [3.63, 3.8) is 0 Å². The minimum atomic E-state index is -0.292. The second-order valence-electron chi connectivity index (χ2n) is 4.22. The van der Waals surface area contributed by atoms with E-state index < -0.39 is 0 Å². The first kappa shape index (κ1) is 11.9. The molecule has 1 aromatic carbocycles. The maximum Gasteiger partial charge on any atom is 0.0576 e. The highest BCUT2D eigenvalue weighted by atomic mass is 16.3. The van der Waals surface area contributed by atoms with E-state index in [-0.39, 0.29) is 12.1 Å². The van der Waals surface area contributed by atoms with Gasteiger partial charge in [-0.3, -0.25) is 0 Å². The number of benzene rings is 1. The summed E-state index contributed by atoms with van der Waals surface area (Å²) in [6.07, 6.45) is 0.423. The molecule has 2 atom stereocenters. The van der Waals surface area contributed by atoms with E-state index in [0.717, 1.165) is 16.9 Å². The molecule has 0 heterocycles. The van der Waals surface area contributed by atoms with Gasteiger partial charge in [0, 0.05) is 6.04 Å². The number of anilines is 2. The number of hydrogen-bond acceptors (Lipinski definition) is 3. The van der Waals surface area contributed by atoms with E-state index in [9.17, 15) is 5.11 Å². The largest absolute Gasteiger partial charge is 0.397 e. The fraction of sp³-hybridized carbons (Fsp3) is 0.500. The fourth-order valence-electron chi connectivity index (χ4n) is 1.65. The van der Waals surface area contributed by atoms with Gasteiger partial charge in [-0.15, -0.1) is 0 Å². The SMILES string of the molecule is Cc1ccc(NC(C)CC(C)O)c(N)c1. The summed E-state index contributed by atoms with van der Waals surface area (Å²) in [5.74, 6) is 0. The van der Waals surface area contributed by atoms with E-state index in [1.165, 1.54) is 0 Å². The minimum absolute atomic E-state index is 0.218. The normalized spacial score (nSPS) is 14.7. The Morgan fingerprint density at radius 1 is 1.40 bits per heavy atom. The third kappa shape index (κ3) is 3.80. The Kier molecular flexibility index (Phi) is 3.97. The maximum absolute atomic E-state index is 9.24. The van der Waals surface area contributed by atoms with E-state index in [1.807, 2.05) is 32.0 Å². The van der Waals surface area contributed by atoms with Crippen LogP contribution >= 0.6 is 0 Å². The Morgan fingerprint density at radius 2 is 2.07 bits per heavy atom. The quantitative estimate of drug-likeness (QED) is 0.664. The maximum atomic E-state index is 9.24. The topological polar surface area (TPSA) is 58.3 Å². The highest BCUT2D eigenvalue weighted by Crippen LogP contribution is 2.20. The van der Waals surface area contributed by atoms with Gasteiger partial charge in [-0.05, 0) is 44.9 Å². The van der Waals surface area contributed by atoms with Crippen LogP contribution in [0.3, 0.4) is 0 Å². The van der Waals surface area contributed by atoms with Gasteiger partial charge in [0.2, 0.25) is 0 Å². The summed E-state index contributed by atoms with van der Waals surface area (Å²) in [4.78, 5) is 0. The van der Waals surface area contributed by atoms with Gasteiger partial charge in [-0.2, -0.15) is 0 Å². The molecule has 0 amide bonds. The number of nitrogen functional groups attached to an aromatic ring is 1. The molecule has 0 saturated carbocycles. The van der Waals surface area contributed by atoms with Crippen molar-refractivity contribution in [1.82, 2.24) is 0 Å². The smallest absolute Gasteiger partial charge is 0.0576 e. The van der Waals surface area contributed by atoms with Gasteiger partial charge in [0.05, 0.1) is 17.5 Å². The highest BCUT2D eigenvalue weighted by Gasteiger charge is 2.07. The standard InChI is InChI=1S/C12H20N2O/c1-8-4-5-12(11(13)6-8)14-9(2)7-10(3)15/h4-6,9-10,14-15H,7,13H2,1-3H3. The minimum Gasteiger partial charge on any atom is -0.397 e. The van der Waals surface area contributed by atoms with Gasteiger partial charge in [-0.25, -0.2) is 0 Å². The van der Waals surface area contributed by atoms with Crippen molar-refractivity contribution in [3.8, 4) is 0 Å². The van der Waals surface area contributed by atoms with Gasteiger partial charge >= 0.3 is 0 Å². The van der Waals surface area contributed by atoms with Crippen molar-refractivity contribution in [2.75, 3.05) is 11.1 Å². The van der Waals surface area contributed by atoms with E-state index in [1.54, 1.807) is 6.92 Å². The lowest BCUT2D eigenvalue weighted by Crippen LogP contribution is -2.21. The molecule has 0 saturated heterocycles. The molecule has 0 radical (unpaired) electrons. The lowest BCUT2D eigenvalue weighted by molar-refractivity contribution is 0.179. The lowest BCUT2D eigenvalue weighted by Gasteiger charge is -2.18. The first-order valence-electron chi connectivity index (χ1n) is 5.29. The van der Waals surface area contributed by atoms with Crippen LogP contribution in [0.2, 0.25) is 0 Å². The van der Waals surface area contributed by atoms with Gasteiger partial charge in [0.25, 0.3) is 0 Å². The Hall–Kier alpha value is -1.22. The molecule has 3 heteroatoms. The monoisotopic (exact) mass is 208 g/mol. The van der Waals surface area contributed by atoms with Crippen molar-refractivity contribution < 1.29 is 5.11 Å². The first-order valence-corrected chi connectivity index (χ1v) is 5.29. The van der Waals surface area contributed by atoms with Crippen LogP contribution < -0.4 is 11.1 Å². The average molecular weight is 208 g/mol. The predicted molar refractivity (Wildman–Crippen MR) is 65.0 cm³/mol. The summed E-state index contributed by atoms with van der Waals surface area (Å²) < 4.78 is 0. The van der Waals surface area contributed by atoms with E-state index in [4.69, 9.17) is 5.73 Å². The van der Waals surface area contributed by atoms with Gasteiger partial charge in [-0.1, -0.05) is 6.07 Å². The Morgan fingerprint density at radius 3 is 2.60 bits per heavy atom. The molecule has 0 bridgehead atoms. The van der Waals surface area contributed by atoms with Crippen LogP contribution in [0.25, 0.3) is 0 Å². The van der Waals surface area contributed by atoms with Crippen LogP contribution in [0.15, 0.2) is 18.2 Å². The number of aryl methyl sites for hydroxylation is 1. The van der Waals surface area contributed by atoms with Crippen molar-refractivity contribution in [2.45, 2.75) is 39.3 Å². The molecule has 1 rings (SSSR count). The molecule has 3 nitrogen and oxygen atoms in total. The van der Waals surface area contributed by atoms with Crippen LogP contribution in [-0.4, -0.2) is 17.3 Å². The molecule has 0 aliphatic heterocycles. The molecule has 15 heavy (non-hydrogen) atoms. The number of aliphatic hydroxyl groups is 1. The molecule has 0 aliphatic carbocycles. The van der Waals surface area contributed by atoms with Crippen LogP contribution in [0.5, 0.6) is 0 Å².